The molecule has 0 unspecified atom stereocenters. The lowest BCUT2D eigenvalue weighted by atomic mass is 10.2. The Hall–Kier alpha value is -1.38. The highest BCUT2D eigenvalue weighted by molar-refractivity contribution is 5.60. The van der Waals surface area contributed by atoms with Crippen molar-refractivity contribution in [2.45, 2.75) is 20.0 Å². The van der Waals surface area contributed by atoms with Gasteiger partial charge in [0.1, 0.15) is 0 Å². The van der Waals surface area contributed by atoms with E-state index in [1.165, 1.54) is 0 Å². The Labute approximate surface area is 78.5 Å². The Morgan fingerprint density at radius 1 is 1.31 bits per heavy atom. The van der Waals surface area contributed by atoms with E-state index in [-0.39, 0.29) is 6.10 Å². The van der Waals surface area contributed by atoms with Gasteiger partial charge in [-0.25, -0.2) is 0 Å². The van der Waals surface area contributed by atoms with Gasteiger partial charge in [-0.05, 0) is 26.0 Å². The molecule has 3 nitrogen and oxygen atoms in total. The van der Waals surface area contributed by atoms with Crippen LogP contribution in [0.2, 0.25) is 0 Å². The lowest BCUT2D eigenvalue weighted by Crippen LogP contribution is -2.08. The van der Waals surface area contributed by atoms with Gasteiger partial charge in [0.15, 0.2) is 11.5 Å². The fourth-order valence-corrected chi connectivity index (χ4v) is 1.06. The minimum Gasteiger partial charge on any atom is -0.493 e. The molecule has 0 radical (unpaired) electrons. The summed E-state index contributed by atoms with van der Waals surface area (Å²) in [5, 5.41) is 0. The Kier molecular flexibility index (Phi) is 3.01. The number of methoxy groups -OCH3 is 1. The van der Waals surface area contributed by atoms with E-state index < -0.39 is 0 Å². The van der Waals surface area contributed by atoms with Gasteiger partial charge in [-0.1, -0.05) is 6.07 Å². The second-order valence-electron chi connectivity index (χ2n) is 3.05. The maximum atomic E-state index is 5.74. The van der Waals surface area contributed by atoms with Gasteiger partial charge >= 0.3 is 0 Å². The minimum atomic E-state index is 0.0959. The lowest BCUT2D eigenvalue weighted by molar-refractivity contribution is 0.231. The number of para-hydroxylation sites is 1. The molecule has 0 amide bonds. The van der Waals surface area contributed by atoms with Crippen LogP contribution in [0.1, 0.15) is 13.8 Å². The van der Waals surface area contributed by atoms with E-state index in [2.05, 4.69) is 0 Å². The van der Waals surface area contributed by atoms with Crippen LogP contribution in [0.4, 0.5) is 5.69 Å². The van der Waals surface area contributed by atoms with Crippen LogP contribution in [0.3, 0.4) is 0 Å². The van der Waals surface area contributed by atoms with E-state index in [9.17, 15) is 0 Å². The molecular weight excluding hydrogens is 166 g/mol. The fraction of sp³-hybridized carbons (Fsp3) is 0.400. The van der Waals surface area contributed by atoms with Crippen molar-refractivity contribution in [2.24, 2.45) is 0 Å². The number of anilines is 1. The summed E-state index contributed by atoms with van der Waals surface area (Å²) in [5.41, 5.74) is 6.34. The van der Waals surface area contributed by atoms with Crippen LogP contribution in [-0.4, -0.2) is 13.2 Å². The Bertz CT molecular complexity index is 284. The SMILES string of the molecule is COc1cccc(N)c1OC(C)C. The predicted molar refractivity (Wildman–Crippen MR) is 53.2 cm³/mol. The van der Waals surface area contributed by atoms with Crippen molar-refractivity contribution < 1.29 is 9.47 Å². The maximum absolute atomic E-state index is 5.74. The lowest BCUT2D eigenvalue weighted by Gasteiger charge is -2.14. The van der Waals surface area contributed by atoms with Crippen molar-refractivity contribution in [2.75, 3.05) is 12.8 Å². The van der Waals surface area contributed by atoms with Crippen LogP contribution in [0.15, 0.2) is 18.2 Å². The first-order valence-electron chi connectivity index (χ1n) is 4.24. The van der Waals surface area contributed by atoms with E-state index in [1.807, 2.05) is 26.0 Å². The van der Waals surface area contributed by atoms with Crippen LogP contribution in [0, 0.1) is 0 Å². The second-order valence-corrected chi connectivity index (χ2v) is 3.05. The average Bonchev–Trinajstić information content (AvgIpc) is 2.08. The van der Waals surface area contributed by atoms with E-state index in [0.717, 1.165) is 0 Å². The zero-order valence-electron chi connectivity index (χ0n) is 8.20. The summed E-state index contributed by atoms with van der Waals surface area (Å²) in [4.78, 5) is 0. The molecule has 0 atom stereocenters. The molecule has 0 aliphatic carbocycles. The zero-order chi connectivity index (χ0) is 9.84. The molecule has 3 heteroatoms. The van der Waals surface area contributed by atoms with E-state index >= 15 is 0 Å². The third-order valence-corrected chi connectivity index (χ3v) is 1.58. The van der Waals surface area contributed by atoms with Crippen LogP contribution in [-0.2, 0) is 0 Å². The Morgan fingerprint density at radius 2 is 2.00 bits per heavy atom. The topological polar surface area (TPSA) is 44.5 Å². The van der Waals surface area contributed by atoms with Gasteiger partial charge < -0.3 is 15.2 Å². The van der Waals surface area contributed by atoms with Crippen LogP contribution < -0.4 is 15.2 Å². The third-order valence-electron chi connectivity index (χ3n) is 1.58. The molecule has 1 rings (SSSR count). The zero-order valence-corrected chi connectivity index (χ0v) is 8.20. The van der Waals surface area contributed by atoms with Gasteiger partial charge in [0.2, 0.25) is 0 Å². The monoisotopic (exact) mass is 181 g/mol. The van der Waals surface area contributed by atoms with Gasteiger partial charge in [0, 0.05) is 0 Å². The van der Waals surface area contributed by atoms with Crippen LogP contribution in [0.5, 0.6) is 11.5 Å². The first-order valence-corrected chi connectivity index (χ1v) is 4.24. The summed E-state index contributed by atoms with van der Waals surface area (Å²) in [7, 11) is 1.60. The molecule has 0 saturated heterocycles. The molecule has 72 valence electrons. The average molecular weight is 181 g/mol. The number of hydrogen-bond acceptors (Lipinski definition) is 3. The van der Waals surface area contributed by atoms with Gasteiger partial charge in [-0.3, -0.25) is 0 Å². The molecule has 1 aromatic carbocycles. The van der Waals surface area contributed by atoms with Crippen LogP contribution in [0.25, 0.3) is 0 Å². The van der Waals surface area contributed by atoms with Crippen molar-refractivity contribution in [3.05, 3.63) is 18.2 Å². The third kappa shape index (κ3) is 2.28. The van der Waals surface area contributed by atoms with Crippen LogP contribution >= 0.6 is 0 Å². The van der Waals surface area contributed by atoms with E-state index in [1.54, 1.807) is 13.2 Å². The quantitative estimate of drug-likeness (QED) is 0.726. The number of benzene rings is 1. The molecule has 0 heterocycles. The standard InChI is InChI=1S/C10H15NO2/c1-7(2)13-10-8(11)5-4-6-9(10)12-3/h4-7H,11H2,1-3H3. The molecule has 2 N–H and O–H groups in total. The van der Waals surface area contributed by atoms with Gasteiger partial charge in [0.25, 0.3) is 0 Å². The Morgan fingerprint density at radius 3 is 2.54 bits per heavy atom. The van der Waals surface area contributed by atoms with Crippen molar-refractivity contribution in [1.82, 2.24) is 0 Å². The van der Waals surface area contributed by atoms with Gasteiger partial charge in [0.05, 0.1) is 18.9 Å². The summed E-state index contributed by atoms with van der Waals surface area (Å²) in [6.07, 6.45) is 0.0959. The molecule has 0 spiro atoms. The molecule has 0 aliphatic rings. The molecular formula is C10H15NO2. The van der Waals surface area contributed by atoms with Gasteiger partial charge in [-0.2, -0.15) is 0 Å². The predicted octanol–water partition coefficient (Wildman–Crippen LogP) is 2.06. The number of ether oxygens (including phenoxy) is 2. The fourth-order valence-electron chi connectivity index (χ4n) is 1.06. The molecule has 0 saturated carbocycles. The van der Waals surface area contributed by atoms with Crippen molar-refractivity contribution in [3.8, 4) is 11.5 Å². The molecule has 13 heavy (non-hydrogen) atoms. The van der Waals surface area contributed by atoms with E-state index in [0.29, 0.717) is 17.2 Å². The summed E-state index contributed by atoms with van der Waals surface area (Å²) in [5.74, 6) is 1.30. The molecule has 0 bridgehead atoms. The first kappa shape index (κ1) is 9.71. The number of hydrogen-bond donors (Lipinski definition) is 1. The highest BCUT2D eigenvalue weighted by Gasteiger charge is 2.08. The summed E-state index contributed by atoms with van der Waals surface area (Å²) >= 11 is 0. The first-order chi connectivity index (χ1) is 6.15. The Balaban J connectivity index is 3.00. The molecule has 0 aromatic heterocycles. The number of rotatable bonds is 3. The second kappa shape index (κ2) is 4.03. The van der Waals surface area contributed by atoms with E-state index in [4.69, 9.17) is 15.2 Å². The highest BCUT2D eigenvalue weighted by atomic mass is 16.5. The molecule has 0 aliphatic heterocycles. The number of nitrogens with two attached hydrogens (primary N) is 1. The molecule has 1 aromatic rings. The van der Waals surface area contributed by atoms with Crippen molar-refractivity contribution >= 4 is 5.69 Å². The van der Waals surface area contributed by atoms with Crippen molar-refractivity contribution in [1.29, 1.82) is 0 Å². The molecule has 0 fully saturated rings. The smallest absolute Gasteiger partial charge is 0.184 e. The number of nitrogen functional groups attached to an aromatic ring is 1. The van der Waals surface area contributed by atoms with Crippen molar-refractivity contribution in [3.63, 3.8) is 0 Å². The maximum Gasteiger partial charge on any atom is 0.184 e. The normalized spacial score (nSPS) is 10.2. The summed E-state index contributed by atoms with van der Waals surface area (Å²) < 4.78 is 10.6. The summed E-state index contributed by atoms with van der Waals surface area (Å²) in [6, 6.07) is 5.45. The van der Waals surface area contributed by atoms with Gasteiger partial charge in [-0.15, -0.1) is 0 Å². The largest absolute Gasteiger partial charge is 0.493 e. The highest BCUT2D eigenvalue weighted by Crippen LogP contribution is 2.33. The summed E-state index contributed by atoms with van der Waals surface area (Å²) in [6.45, 7) is 3.90. The minimum absolute atomic E-state index is 0.0959.